The third kappa shape index (κ3) is 1.95. The van der Waals surface area contributed by atoms with Gasteiger partial charge in [0.15, 0.2) is 0 Å². The van der Waals surface area contributed by atoms with Crippen LogP contribution in [-0.2, 0) is 0 Å². The third-order valence-electron chi connectivity index (χ3n) is 3.35. The average Bonchev–Trinajstić information content (AvgIpc) is 2.96. The summed E-state index contributed by atoms with van der Waals surface area (Å²) in [6.45, 7) is 0. The van der Waals surface area contributed by atoms with E-state index in [4.69, 9.17) is 4.52 Å². The molecule has 1 amide bonds. The molecule has 0 atom stereocenters. The first kappa shape index (κ1) is 11.2. The minimum absolute atomic E-state index is 0.0125. The maximum Gasteiger partial charge on any atom is 0.316 e. The van der Waals surface area contributed by atoms with Gasteiger partial charge in [-0.05, 0) is 30.4 Å². The molecule has 1 saturated carbocycles. The highest BCUT2D eigenvalue weighted by Gasteiger charge is 2.26. The number of rotatable bonds is 3. The van der Waals surface area contributed by atoms with Crippen LogP contribution >= 0.6 is 0 Å². The molecule has 6 heteroatoms. The lowest BCUT2D eigenvalue weighted by molar-refractivity contribution is 0.0907. The average molecular weight is 268 g/mol. The van der Waals surface area contributed by atoms with Crippen LogP contribution in [0.1, 0.15) is 23.5 Å². The number of hydrogen-bond acceptors (Lipinski definition) is 4. The first-order valence-corrected chi connectivity index (χ1v) is 6.52. The standard InChI is InChI=1S/C14H12N4O2/c19-13(16-10-3-4-10)14-17-12(18-20-14)9-2-1-8-5-6-15-11(8)7-9/h1-2,5-7,10,15H,3-4H2,(H,16,19). The largest absolute Gasteiger partial charge is 0.361 e. The van der Waals surface area contributed by atoms with Gasteiger partial charge in [-0.25, -0.2) is 0 Å². The van der Waals surface area contributed by atoms with Gasteiger partial charge in [0, 0.05) is 23.3 Å². The van der Waals surface area contributed by atoms with E-state index in [9.17, 15) is 4.79 Å². The van der Waals surface area contributed by atoms with Crippen molar-refractivity contribution in [1.82, 2.24) is 20.4 Å². The molecular formula is C14H12N4O2. The summed E-state index contributed by atoms with van der Waals surface area (Å²) in [6, 6.07) is 8.07. The van der Waals surface area contributed by atoms with Crippen LogP contribution in [0.3, 0.4) is 0 Å². The number of benzene rings is 1. The fourth-order valence-corrected chi connectivity index (χ4v) is 2.09. The SMILES string of the molecule is O=C(NC1CC1)c1nc(-c2ccc3cc[nH]c3c2)no1. The topological polar surface area (TPSA) is 83.8 Å². The van der Waals surface area contributed by atoms with Gasteiger partial charge in [-0.2, -0.15) is 4.98 Å². The Morgan fingerprint density at radius 2 is 2.25 bits per heavy atom. The lowest BCUT2D eigenvalue weighted by Crippen LogP contribution is -2.25. The highest BCUT2D eigenvalue weighted by Crippen LogP contribution is 2.22. The first-order valence-electron chi connectivity index (χ1n) is 6.52. The molecule has 0 aliphatic heterocycles. The predicted molar refractivity (Wildman–Crippen MR) is 72.1 cm³/mol. The lowest BCUT2D eigenvalue weighted by Gasteiger charge is -1.96. The monoisotopic (exact) mass is 268 g/mol. The van der Waals surface area contributed by atoms with Crippen molar-refractivity contribution in [3.8, 4) is 11.4 Å². The van der Waals surface area contributed by atoms with E-state index in [0.717, 1.165) is 29.3 Å². The van der Waals surface area contributed by atoms with E-state index >= 15 is 0 Å². The molecule has 1 aliphatic rings. The van der Waals surface area contributed by atoms with E-state index in [0.29, 0.717) is 5.82 Å². The quantitative estimate of drug-likeness (QED) is 0.762. The zero-order valence-electron chi connectivity index (χ0n) is 10.6. The van der Waals surface area contributed by atoms with Crippen LogP contribution in [0.25, 0.3) is 22.3 Å². The number of H-pyrrole nitrogens is 1. The first-order chi connectivity index (χ1) is 9.79. The highest BCUT2D eigenvalue weighted by atomic mass is 16.5. The van der Waals surface area contributed by atoms with Crippen LogP contribution < -0.4 is 5.32 Å². The van der Waals surface area contributed by atoms with Gasteiger partial charge >= 0.3 is 11.8 Å². The molecule has 0 spiro atoms. The van der Waals surface area contributed by atoms with Crippen molar-refractivity contribution >= 4 is 16.8 Å². The maximum absolute atomic E-state index is 11.8. The summed E-state index contributed by atoms with van der Waals surface area (Å²) in [7, 11) is 0. The normalized spacial score (nSPS) is 14.6. The Bertz CT molecular complexity index is 785. The summed E-state index contributed by atoms with van der Waals surface area (Å²) in [5.74, 6) is 0.133. The fourth-order valence-electron chi connectivity index (χ4n) is 2.09. The van der Waals surface area contributed by atoms with Crippen LogP contribution in [0.2, 0.25) is 0 Å². The smallest absolute Gasteiger partial charge is 0.316 e. The van der Waals surface area contributed by atoms with Crippen LogP contribution in [0.15, 0.2) is 35.0 Å². The molecule has 0 saturated heterocycles. The van der Waals surface area contributed by atoms with Gasteiger partial charge in [0.25, 0.3) is 0 Å². The molecule has 1 aromatic carbocycles. The Morgan fingerprint density at radius 1 is 1.35 bits per heavy atom. The number of fused-ring (bicyclic) bond motifs is 1. The molecule has 1 aliphatic carbocycles. The second-order valence-corrected chi connectivity index (χ2v) is 4.95. The van der Waals surface area contributed by atoms with Crippen LogP contribution in [-0.4, -0.2) is 27.1 Å². The number of aromatic nitrogens is 3. The summed E-state index contributed by atoms with van der Waals surface area (Å²) in [5, 5.41) is 7.80. The summed E-state index contributed by atoms with van der Waals surface area (Å²) < 4.78 is 5.02. The zero-order chi connectivity index (χ0) is 13.5. The Morgan fingerprint density at radius 3 is 3.10 bits per heavy atom. The van der Waals surface area contributed by atoms with Crippen LogP contribution in [0, 0.1) is 0 Å². The lowest BCUT2D eigenvalue weighted by atomic mass is 10.1. The molecule has 2 heterocycles. The number of carbonyl (C=O) groups excluding carboxylic acids is 1. The molecule has 1 fully saturated rings. The number of hydrogen-bond donors (Lipinski definition) is 2. The van der Waals surface area contributed by atoms with E-state index < -0.39 is 0 Å². The zero-order valence-corrected chi connectivity index (χ0v) is 10.6. The summed E-state index contributed by atoms with van der Waals surface area (Å²) in [5.41, 5.74) is 1.81. The van der Waals surface area contributed by atoms with E-state index in [1.807, 2.05) is 30.5 Å². The van der Waals surface area contributed by atoms with Crippen molar-refractivity contribution in [3.05, 3.63) is 36.4 Å². The predicted octanol–water partition coefficient (Wildman–Crippen LogP) is 2.11. The highest BCUT2D eigenvalue weighted by molar-refractivity contribution is 5.90. The molecule has 2 N–H and O–H groups in total. The Hall–Kier alpha value is -2.63. The molecule has 100 valence electrons. The molecule has 3 aromatic rings. The number of nitrogens with one attached hydrogen (secondary N) is 2. The van der Waals surface area contributed by atoms with E-state index in [1.54, 1.807) is 0 Å². The third-order valence-corrected chi connectivity index (χ3v) is 3.35. The molecule has 6 nitrogen and oxygen atoms in total. The summed E-state index contributed by atoms with van der Waals surface area (Å²) in [4.78, 5) is 19.1. The van der Waals surface area contributed by atoms with Crippen molar-refractivity contribution in [1.29, 1.82) is 0 Å². The molecule has 0 unspecified atom stereocenters. The van der Waals surface area contributed by atoms with Gasteiger partial charge in [-0.15, -0.1) is 0 Å². The molecule has 2 aromatic heterocycles. The second-order valence-electron chi connectivity index (χ2n) is 4.95. The summed E-state index contributed by atoms with van der Waals surface area (Å²) >= 11 is 0. The summed E-state index contributed by atoms with van der Waals surface area (Å²) in [6.07, 6.45) is 3.92. The Balaban J connectivity index is 1.64. The number of nitrogens with zero attached hydrogens (tertiary/aromatic N) is 2. The van der Waals surface area contributed by atoms with Crippen molar-refractivity contribution < 1.29 is 9.32 Å². The Labute approximate surface area is 114 Å². The number of carbonyl (C=O) groups is 1. The minimum atomic E-state index is -0.299. The van der Waals surface area contributed by atoms with Crippen molar-refractivity contribution in [2.45, 2.75) is 18.9 Å². The minimum Gasteiger partial charge on any atom is -0.361 e. The second kappa shape index (κ2) is 4.19. The number of aromatic amines is 1. The fraction of sp³-hybridized carbons (Fsp3) is 0.214. The van der Waals surface area contributed by atoms with Crippen molar-refractivity contribution in [3.63, 3.8) is 0 Å². The van der Waals surface area contributed by atoms with E-state index in [2.05, 4.69) is 20.4 Å². The van der Waals surface area contributed by atoms with Crippen LogP contribution in [0.5, 0.6) is 0 Å². The van der Waals surface area contributed by atoms with Gasteiger partial charge in [0.2, 0.25) is 5.82 Å². The van der Waals surface area contributed by atoms with Gasteiger partial charge < -0.3 is 14.8 Å². The Kier molecular flexibility index (Phi) is 2.35. The van der Waals surface area contributed by atoms with Gasteiger partial charge in [0.05, 0.1) is 0 Å². The van der Waals surface area contributed by atoms with Gasteiger partial charge in [-0.1, -0.05) is 17.3 Å². The number of amides is 1. The molecule has 4 rings (SSSR count). The molecule has 20 heavy (non-hydrogen) atoms. The molecule has 0 radical (unpaired) electrons. The van der Waals surface area contributed by atoms with Gasteiger partial charge in [-0.3, -0.25) is 4.79 Å². The maximum atomic E-state index is 11.8. The molecular weight excluding hydrogens is 256 g/mol. The van der Waals surface area contributed by atoms with Crippen molar-refractivity contribution in [2.24, 2.45) is 0 Å². The van der Waals surface area contributed by atoms with Gasteiger partial charge in [0.1, 0.15) is 0 Å². The van der Waals surface area contributed by atoms with E-state index in [-0.39, 0.29) is 17.8 Å². The van der Waals surface area contributed by atoms with E-state index in [1.165, 1.54) is 0 Å². The van der Waals surface area contributed by atoms with Crippen LogP contribution in [0.4, 0.5) is 0 Å². The van der Waals surface area contributed by atoms with Crippen molar-refractivity contribution in [2.75, 3.05) is 0 Å². The molecule has 0 bridgehead atoms.